The molecule has 0 unspecified atom stereocenters. The second kappa shape index (κ2) is 14.3. The number of nitrogens with two attached hydrogens (primary N) is 2. The minimum atomic E-state index is -1.08. The Hall–Kier alpha value is -5.78. The van der Waals surface area contributed by atoms with E-state index in [9.17, 15) is 29.8 Å². The van der Waals surface area contributed by atoms with Gasteiger partial charge in [-0.2, -0.15) is 0 Å². The predicted molar refractivity (Wildman–Crippen MR) is 183 cm³/mol. The molecule has 0 saturated heterocycles. The Labute approximate surface area is 277 Å². The van der Waals surface area contributed by atoms with Crippen LogP contribution in [0.4, 0.5) is 22.7 Å². The molecule has 4 aromatic carbocycles. The molecule has 0 spiro atoms. The fourth-order valence-electron chi connectivity index (χ4n) is 5.86. The molecule has 12 nitrogen and oxygen atoms in total. The monoisotopic (exact) mass is 652 g/mol. The molecule has 4 N–H and O–H groups in total. The highest BCUT2D eigenvalue weighted by Gasteiger charge is 2.44. The molecule has 248 valence electrons. The van der Waals surface area contributed by atoms with Gasteiger partial charge in [-0.15, -0.1) is 0 Å². The first kappa shape index (κ1) is 33.6. The van der Waals surface area contributed by atoms with Crippen molar-refractivity contribution in [2.45, 2.75) is 52.4 Å². The van der Waals surface area contributed by atoms with Crippen LogP contribution < -0.4 is 20.9 Å². The third-order valence-corrected chi connectivity index (χ3v) is 8.36. The number of ketones is 2. The summed E-state index contributed by atoms with van der Waals surface area (Å²) in [6, 6.07) is 15.5. The molecule has 0 fully saturated rings. The molecule has 12 heteroatoms. The van der Waals surface area contributed by atoms with Crippen LogP contribution in [0, 0.1) is 20.2 Å². The van der Waals surface area contributed by atoms with Gasteiger partial charge in [0.25, 0.3) is 11.4 Å². The van der Waals surface area contributed by atoms with Crippen molar-refractivity contribution < 1.29 is 28.9 Å². The Kier molecular flexibility index (Phi) is 10.0. The van der Waals surface area contributed by atoms with Crippen LogP contribution in [-0.2, 0) is 0 Å². The quantitative estimate of drug-likeness (QED) is 0.0515. The van der Waals surface area contributed by atoms with Crippen molar-refractivity contribution in [3.05, 3.63) is 103 Å². The van der Waals surface area contributed by atoms with Gasteiger partial charge in [0, 0.05) is 23.3 Å². The molecule has 0 aromatic heterocycles. The van der Waals surface area contributed by atoms with E-state index >= 15 is 0 Å². The zero-order valence-electron chi connectivity index (χ0n) is 26.7. The number of carbonyl (C=O) groups excluding carboxylic acids is 2. The van der Waals surface area contributed by atoms with Gasteiger partial charge in [-0.25, -0.2) is 0 Å². The lowest BCUT2D eigenvalue weighted by atomic mass is 9.78. The van der Waals surface area contributed by atoms with E-state index in [1.165, 1.54) is 0 Å². The molecule has 0 amide bonds. The SMILES string of the molecule is CCCCCOc1ccc(-c2cc([N+](=O)[O-])c3c(c2N)C(=O)c2c(N)c(-c4ccc(OCCCCC)cc4)cc([N+](=O)[O-])c2C3=O)cc1. The van der Waals surface area contributed by atoms with Crippen molar-refractivity contribution in [1.29, 1.82) is 0 Å². The molecule has 0 heterocycles. The number of unbranched alkanes of at least 4 members (excludes halogenated alkanes) is 4. The van der Waals surface area contributed by atoms with Gasteiger partial charge < -0.3 is 20.9 Å². The summed E-state index contributed by atoms with van der Waals surface area (Å²) >= 11 is 0. The first-order valence-electron chi connectivity index (χ1n) is 15.9. The third kappa shape index (κ3) is 6.41. The summed E-state index contributed by atoms with van der Waals surface area (Å²) in [5, 5.41) is 24.6. The summed E-state index contributed by atoms with van der Waals surface area (Å²) in [6.07, 6.45) is 5.93. The number of hydrogen-bond donors (Lipinski definition) is 2. The number of benzene rings is 4. The lowest BCUT2D eigenvalue weighted by molar-refractivity contribution is -0.385. The van der Waals surface area contributed by atoms with Crippen LogP contribution in [0.5, 0.6) is 11.5 Å². The normalized spacial score (nSPS) is 12.0. The van der Waals surface area contributed by atoms with Crippen LogP contribution in [0.3, 0.4) is 0 Å². The molecule has 1 aliphatic rings. The first-order valence-corrected chi connectivity index (χ1v) is 15.9. The van der Waals surface area contributed by atoms with E-state index < -0.39 is 55.0 Å². The minimum Gasteiger partial charge on any atom is -0.494 e. The van der Waals surface area contributed by atoms with E-state index in [1.807, 2.05) is 0 Å². The predicted octanol–water partition coefficient (Wildman–Crippen LogP) is 7.91. The average molecular weight is 653 g/mol. The Morgan fingerprint density at radius 1 is 0.583 bits per heavy atom. The number of carbonyl (C=O) groups is 2. The number of nitro groups is 2. The molecule has 5 rings (SSSR count). The molecule has 4 aromatic rings. The summed E-state index contributed by atoms with van der Waals surface area (Å²) < 4.78 is 11.5. The molecule has 0 saturated carbocycles. The van der Waals surface area contributed by atoms with E-state index in [-0.39, 0.29) is 22.5 Å². The van der Waals surface area contributed by atoms with Crippen molar-refractivity contribution in [2.75, 3.05) is 24.7 Å². The molecular formula is C36H36N4O8. The maximum Gasteiger partial charge on any atom is 0.282 e. The molecule has 1 aliphatic carbocycles. The van der Waals surface area contributed by atoms with Gasteiger partial charge >= 0.3 is 0 Å². The third-order valence-electron chi connectivity index (χ3n) is 8.36. The van der Waals surface area contributed by atoms with Gasteiger partial charge in [-0.05, 0) is 48.2 Å². The summed E-state index contributed by atoms with van der Waals surface area (Å²) in [5.41, 5.74) is 10.3. The number of ether oxygens (including phenoxy) is 2. The fraction of sp³-hybridized carbons (Fsp3) is 0.278. The molecule has 48 heavy (non-hydrogen) atoms. The highest BCUT2D eigenvalue weighted by Crippen LogP contribution is 2.47. The Balaban J connectivity index is 1.61. The van der Waals surface area contributed by atoms with Gasteiger partial charge in [0.1, 0.15) is 22.6 Å². The van der Waals surface area contributed by atoms with Crippen LogP contribution in [0.1, 0.15) is 84.2 Å². The second-order valence-electron chi connectivity index (χ2n) is 11.5. The fourth-order valence-corrected chi connectivity index (χ4v) is 5.86. The van der Waals surface area contributed by atoms with E-state index in [1.54, 1.807) is 48.5 Å². The first-order chi connectivity index (χ1) is 23.1. The molecule has 0 radical (unpaired) electrons. The van der Waals surface area contributed by atoms with E-state index in [4.69, 9.17) is 20.9 Å². The number of nitrogen functional groups attached to an aromatic ring is 2. The maximum atomic E-state index is 14.3. The van der Waals surface area contributed by atoms with Crippen LogP contribution in [0.2, 0.25) is 0 Å². The number of rotatable bonds is 14. The molecule has 0 atom stereocenters. The zero-order valence-corrected chi connectivity index (χ0v) is 26.7. The van der Waals surface area contributed by atoms with E-state index in [0.29, 0.717) is 35.8 Å². The summed E-state index contributed by atoms with van der Waals surface area (Å²) in [6.45, 7) is 5.24. The summed E-state index contributed by atoms with van der Waals surface area (Å²) in [4.78, 5) is 51.3. The van der Waals surface area contributed by atoms with Gasteiger partial charge in [-0.3, -0.25) is 29.8 Å². The maximum absolute atomic E-state index is 14.3. The number of nitrogens with zero attached hydrogens (tertiary/aromatic N) is 2. The lowest BCUT2D eigenvalue weighted by Gasteiger charge is -2.23. The summed E-state index contributed by atoms with van der Waals surface area (Å²) in [5.74, 6) is -0.827. The van der Waals surface area contributed by atoms with Crippen molar-refractivity contribution >= 4 is 34.3 Å². The van der Waals surface area contributed by atoms with Crippen molar-refractivity contribution in [3.63, 3.8) is 0 Å². The molecule has 0 bridgehead atoms. The summed E-state index contributed by atoms with van der Waals surface area (Å²) in [7, 11) is 0. The standard InChI is InChI=1S/C36H36N4O8/c1-3-5-7-17-47-23-13-9-21(10-14-23)25-19-27(39(43)44)29-31(33(25)37)36(42)32-30(35(29)41)28(40(45)46)20-26(34(32)38)22-11-15-24(16-12-22)48-18-8-6-4-2/h9-16,19-20H,3-8,17-18,37-38H2,1-2H3. The average Bonchev–Trinajstić information content (AvgIpc) is 3.07. The van der Waals surface area contributed by atoms with Crippen molar-refractivity contribution in [1.82, 2.24) is 0 Å². The second-order valence-corrected chi connectivity index (χ2v) is 11.5. The number of fused-ring (bicyclic) bond motifs is 2. The van der Waals surface area contributed by atoms with Crippen LogP contribution in [0.25, 0.3) is 22.3 Å². The Morgan fingerprint density at radius 3 is 1.27 bits per heavy atom. The highest BCUT2D eigenvalue weighted by atomic mass is 16.6. The number of hydrogen-bond acceptors (Lipinski definition) is 10. The topological polar surface area (TPSA) is 191 Å². The Morgan fingerprint density at radius 2 is 0.938 bits per heavy atom. The molecular weight excluding hydrogens is 616 g/mol. The molecule has 0 aliphatic heterocycles. The van der Waals surface area contributed by atoms with Crippen molar-refractivity contribution in [2.24, 2.45) is 0 Å². The van der Waals surface area contributed by atoms with Crippen LogP contribution in [0.15, 0.2) is 60.7 Å². The van der Waals surface area contributed by atoms with Gasteiger partial charge in [0.05, 0.1) is 45.6 Å². The lowest BCUT2D eigenvalue weighted by Crippen LogP contribution is -2.26. The minimum absolute atomic E-state index is 0.140. The van der Waals surface area contributed by atoms with E-state index in [2.05, 4.69) is 13.8 Å². The van der Waals surface area contributed by atoms with Gasteiger partial charge in [0.15, 0.2) is 5.78 Å². The van der Waals surface area contributed by atoms with Crippen LogP contribution in [-0.4, -0.2) is 34.6 Å². The smallest absolute Gasteiger partial charge is 0.282 e. The van der Waals surface area contributed by atoms with Gasteiger partial charge in [0.2, 0.25) is 5.78 Å². The zero-order chi connectivity index (χ0) is 34.5. The number of nitro benzene ring substituents is 2. The van der Waals surface area contributed by atoms with E-state index in [0.717, 1.165) is 50.7 Å². The largest absolute Gasteiger partial charge is 0.494 e. The van der Waals surface area contributed by atoms with Gasteiger partial charge in [-0.1, -0.05) is 63.8 Å². The van der Waals surface area contributed by atoms with Crippen molar-refractivity contribution in [3.8, 4) is 33.8 Å². The Bertz CT molecular complexity index is 1770. The highest BCUT2D eigenvalue weighted by molar-refractivity contribution is 6.35. The van der Waals surface area contributed by atoms with Crippen LogP contribution >= 0.6 is 0 Å². The number of anilines is 2.